The topological polar surface area (TPSA) is 63.7 Å². The first-order valence-corrected chi connectivity index (χ1v) is 9.24. The van der Waals surface area contributed by atoms with Crippen molar-refractivity contribution in [3.05, 3.63) is 34.3 Å². The zero-order valence-corrected chi connectivity index (χ0v) is 15.2. The van der Waals surface area contributed by atoms with Crippen LogP contribution < -0.4 is 15.0 Å². The molecule has 2 aromatic rings. The van der Waals surface area contributed by atoms with Gasteiger partial charge in [0.2, 0.25) is 5.91 Å². The highest BCUT2D eigenvalue weighted by Crippen LogP contribution is 2.42. The molecule has 132 valence electrons. The van der Waals surface area contributed by atoms with Crippen molar-refractivity contribution in [1.29, 1.82) is 0 Å². The largest absolute Gasteiger partial charge is 0.496 e. The van der Waals surface area contributed by atoms with Crippen LogP contribution in [-0.4, -0.2) is 44.3 Å². The number of fused-ring (bicyclic) bond motifs is 1. The van der Waals surface area contributed by atoms with E-state index in [1.54, 1.807) is 18.4 Å². The summed E-state index contributed by atoms with van der Waals surface area (Å²) in [5.41, 5.74) is 3.04. The van der Waals surface area contributed by atoms with Gasteiger partial charge >= 0.3 is 0 Å². The molecule has 0 spiro atoms. The van der Waals surface area contributed by atoms with Crippen molar-refractivity contribution in [2.24, 2.45) is 0 Å². The fraction of sp³-hybridized carbons (Fsp3) is 0.444. The van der Waals surface area contributed by atoms with Crippen molar-refractivity contribution in [3.8, 4) is 5.75 Å². The van der Waals surface area contributed by atoms with E-state index in [0.717, 1.165) is 58.9 Å². The zero-order valence-electron chi connectivity index (χ0n) is 14.4. The number of carbonyl (C=O) groups excluding carboxylic acids is 1. The number of rotatable bonds is 3. The second-order valence-electron chi connectivity index (χ2n) is 6.36. The predicted octanol–water partition coefficient (Wildman–Crippen LogP) is 2.77. The molecule has 1 unspecified atom stereocenters. The summed E-state index contributed by atoms with van der Waals surface area (Å²) in [5.74, 6) is 0.864. The first-order chi connectivity index (χ1) is 12.2. The van der Waals surface area contributed by atoms with Gasteiger partial charge in [0.1, 0.15) is 5.75 Å². The number of benzene rings is 1. The number of anilines is 2. The third-order valence-corrected chi connectivity index (χ3v) is 5.91. The molecule has 0 saturated carbocycles. The molecule has 1 fully saturated rings. The maximum absolute atomic E-state index is 12.2. The summed E-state index contributed by atoms with van der Waals surface area (Å²) in [5, 5.41) is 3.98. The van der Waals surface area contributed by atoms with Crippen molar-refractivity contribution in [3.63, 3.8) is 0 Å². The molecule has 7 heteroatoms. The lowest BCUT2D eigenvalue weighted by atomic mass is 9.88. The molecule has 1 aromatic heterocycles. The van der Waals surface area contributed by atoms with E-state index in [0.29, 0.717) is 6.42 Å². The van der Waals surface area contributed by atoms with E-state index in [1.807, 2.05) is 19.2 Å². The van der Waals surface area contributed by atoms with Gasteiger partial charge in [-0.2, -0.15) is 0 Å². The molecule has 1 aromatic carbocycles. The van der Waals surface area contributed by atoms with Gasteiger partial charge in [-0.05, 0) is 24.1 Å². The van der Waals surface area contributed by atoms with Gasteiger partial charge in [0.05, 0.1) is 20.3 Å². The molecule has 0 radical (unpaired) electrons. The summed E-state index contributed by atoms with van der Waals surface area (Å²) in [7, 11) is 1.65. The van der Waals surface area contributed by atoms with Crippen molar-refractivity contribution in [2.75, 3.05) is 43.6 Å². The maximum atomic E-state index is 12.2. The number of morpholine rings is 1. The number of ether oxygens (including phenoxy) is 2. The lowest BCUT2D eigenvalue weighted by Gasteiger charge is -2.27. The summed E-state index contributed by atoms with van der Waals surface area (Å²) < 4.78 is 10.8. The van der Waals surface area contributed by atoms with Crippen LogP contribution in [0.2, 0.25) is 0 Å². The Labute approximate surface area is 150 Å². The van der Waals surface area contributed by atoms with Crippen LogP contribution in [0.4, 0.5) is 10.8 Å². The number of thiazole rings is 1. The summed E-state index contributed by atoms with van der Waals surface area (Å²) >= 11 is 1.68. The highest BCUT2D eigenvalue weighted by molar-refractivity contribution is 7.15. The molecule has 0 aliphatic carbocycles. The Kier molecular flexibility index (Phi) is 4.35. The van der Waals surface area contributed by atoms with Crippen molar-refractivity contribution < 1.29 is 14.3 Å². The van der Waals surface area contributed by atoms with E-state index in [2.05, 4.69) is 21.3 Å². The Morgan fingerprint density at radius 2 is 2.16 bits per heavy atom. The third kappa shape index (κ3) is 3.09. The van der Waals surface area contributed by atoms with Crippen molar-refractivity contribution in [1.82, 2.24) is 4.98 Å². The number of amides is 1. The quantitative estimate of drug-likeness (QED) is 0.913. The number of nitrogens with one attached hydrogen (secondary N) is 1. The number of nitrogens with zero attached hydrogens (tertiary/aromatic N) is 2. The highest BCUT2D eigenvalue weighted by atomic mass is 32.1. The summed E-state index contributed by atoms with van der Waals surface area (Å²) in [6.07, 6.45) is 2.37. The molecule has 6 nitrogen and oxygen atoms in total. The van der Waals surface area contributed by atoms with Crippen molar-refractivity contribution >= 4 is 28.1 Å². The molecule has 1 saturated heterocycles. The minimum absolute atomic E-state index is 0.0322. The van der Waals surface area contributed by atoms with Gasteiger partial charge in [-0.1, -0.05) is 0 Å². The van der Waals surface area contributed by atoms with Crippen LogP contribution in [0, 0.1) is 6.92 Å². The molecule has 0 bridgehead atoms. The van der Waals surface area contributed by atoms with E-state index >= 15 is 0 Å². The van der Waals surface area contributed by atoms with E-state index in [4.69, 9.17) is 9.47 Å². The second-order valence-corrected chi connectivity index (χ2v) is 7.40. The van der Waals surface area contributed by atoms with Crippen LogP contribution in [0.25, 0.3) is 0 Å². The Bertz CT molecular complexity index is 799. The molecule has 1 atom stereocenters. The van der Waals surface area contributed by atoms with E-state index < -0.39 is 0 Å². The number of hydrogen-bond acceptors (Lipinski definition) is 6. The summed E-state index contributed by atoms with van der Waals surface area (Å²) in [4.78, 5) is 20.2. The average Bonchev–Trinajstić information content (AvgIpc) is 3.11. The standard InChI is InChI=1S/C18H21N3O3S/c1-11-7-12-13(8-17(22)20-14(12)9-15(11)23-2)16-10-19-18(25-16)21-3-5-24-6-4-21/h7,9-10,13H,3-6,8H2,1-2H3,(H,20,22). The van der Waals surface area contributed by atoms with Crippen LogP contribution in [0.15, 0.2) is 18.3 Å². The Morgan fingerprint density at radius 1 is 1.36 bits per heavy atom. The number of hydrogen-bond donors (Lipinski definition) is 1. The lowest BCUT2D eigenvalue weighted by molar-refractivity contribution is -0.116. The first-order valence-electron chi connectivity index (χ1n) is 8.42. The predicted molar refractivity (Wildman–Crippen MR) is 98.0 cm³/mol. The summed E-state index contributed by atoms with van der Waals surface area (Å²) in [6, 6.07) is 4.03. The minimum atomic E-state index is 0.0322. The molecule has 3 heterocycles. The van der Waals surface area contributed by atoms with Crippen LogP contribution in [0.5, 0.6) is 5.75 Å². The number of aryl methyl sites for hydroxylation is 1. The Hall–Kier alpha value is -2.12. The molecular formula is C18H21N3O3S. The highest BCUT2D eigenvalue weighted by Gasteiger charge is 2.29. The van der Waals surface area contributed by atoms with Gasteiger partial charge in [0.25, 0.3) is 0 Å². The average molecular weight is 359 g/mol. The van der Waals surface area contributed by atoms with Gasteiger partial charge in [0.15, 0.2) is 5.13 Å². The molecule has 4 rings (SSSR count). The Balaban J connectivity index is 1.68. The van der Waals surface area contributed by atoms with Crippen LogP contribution >= 0.6 is 11.3 Å². The molecule has 1 N–H and O–H groups in total. The molecular weight excluding hydrogens is 338 g/mol. The van der Waals surface area contributed by atoms with Gasteiger partial charge in [-0.25, -0.2) is 4.98 Å². The monoisotopic (exact) mass is 359 g/mol. The number of aromatic nitrogens is 1. The maximum Gasteiger partial charge on any atom is 0.225 e. The Morgan fingerprint density at radius 3 is 2.92 bits per heavy atom. The fourth-order valence-corrected chi connectivity index (χ4v) is 4.50. The molecule has 2 aliphatic rings. The molecule has 25 heavy (non-hydrogen) atoms. The summed E-state index contributed by atoms with van der Waals surface area (Å²) in [6.45, 7) is 5.24. The minimum Gasteiger partial charge on any atom is -0.496 e. The fourth-order valence-electron chi connectivity index (χ4n) is 3.42. The smallest absolute Gasteiger partial charge is 0.225 e. The van der Waals surface area contributed by atoms with Gasteiger partial charge in [-0.15, -0.1) is 11.3 Å². The normalized spacial score (nSPS) is 20.2. The van der Waals surface area contributed by atoms with Gasteiger partial charge < -0.3 is 19.7 Å². The SMILES string of the molecule is COc1cc2c(cc1C)C(c1cnc(N3CCOCC3)s1)CC(=O)N2. The van der Waals surface area contributed by atoms with Crippen LogP contribution in [0.3, 0.4) is 0 Å². The molecule has 1 amide bonds. The van der Waals surface area contributed by atoms with Crippen molar-refractivity contribution in [2.45, 2.75) is 19.3 Å². The van der Waals surface area contributed by atoms with E-state index in [-0.39, 0.29) is 11.8 Å². The second kappa shape index (κ2) is 6.65. The van der Waals surface area contributed by atoms with Crippen LogP contribution in [-0.2, 0) is 9.53 Å². The zero-order chi connectivity index (χ0) is 17.4. The van der Waals surface area contributed by atoms with E-state index in [9.17, 15) is 4.79 Å². The lowest BCUT2D eigenvalue weighted by Crippen LogP contribution is -2.36. The van der Waals surface area contributed by atoms with Crippen LogP contribution in [0.1, 0.15) is 28.3 Å². The van der Waals surface area contributed by atoms with E-state index in [1.165, 1.54) is 0 Å². The van der Waals surface area contributed by atoms with Gasteiger partial charge in [0, 0.05) is 48.3 Å². The number of carbonyl (C=O) groups is 1. The third-order valence-electron chi connectivity index (χ3n) is 4.74. The number of methoxy groups -OCH3 is 1. The molecule has 2 aliphatic heterocycles. The van der Waals surface area contributed by atoms with Gasteiger partial charge in [-0.3, -0.25) is 4.79 Å². The first kappa shape index (κ1) is 16.4.